The molecule has 0 bridgehead atoms. The Balaban J connectivity index is 2.07. The van der Waals surface area contributed by atoms with Crippen LogP contribution < -0.4 is 10.1 Å². The van der Waals surface area contributed by atoms with E-state index >= 15 is 0 Å². The lowest BCUT2D eigenvalue weighted by atomic mass is 10.3. The van der Waals surface area contributed by atoms with Gasteiger partial charge in [0.2, 0.25) is 5.91 Å². The third-order valence-corrected chi connectivity index (χ3v) is 3.91. The average Bonchev–Trinajstić information content (AvgIpc) is 2.55. The molecule has 11 heteroatoms. The van der Waals surface area contributed by atoms with E-state index in [9.17, 15) is 26.7 Å². The van der Waals surface area contributed by atoms with E-state index in [1.807, 2.05) is 0 Å². The quantitative estimate of drug-likeness (QED) is 0.452. The Labute approximate surface area is 149 Å². The molecule has 0 fully saturated rings. The molecule has 140 valence electrons. The number of ether oxygens (including phenoxy) is 1. The van der Waals surface area contributed by atoms with Crippen molar-refractivity contribution in [2.45, 2.75) is 30.1 Å². The third-order valence-electron chi connectivity index (χ3n) is 2.94. The van der Waals surface area contributed by atoms with Crippen LogP contribution >= 0.6 is 11.8 Å². The summed E-state index contributed by atoms with van der Waals surface area (Å²) in [5.41, 5.74) is -1.12. The van der Waals surface area contributed by atoms with E-state index in [-0.39, 0.29) is 16.6 Å². The van der Waals surface area contributed by atoms with Gasteiger partial charge >= 0.3 is 12.8 Å². The lowest BCUT2D eigenvalue weighted by Crippen LogP contribution is -2.23. The average molecular weight is 393 g/mol. The van der Waals surface area contributed by atoms with Crippen LogP contribution in [0.1, 0.15) is 12.6 Å². The van der Waals surface area contributed by atoms with Crippen molar-refractivity contribution in [1.82, 2.24) is 9.97 Å². The zero-order chi connectivity index (χ0) is 19.3. The Morgan fingerprint density at radius 3 is 2.58 bits per heavy atom. The number of nitrogens with one attached hydrogen (secondary N) is 1. The number of carbonyl (C=O) groups excluding carboxylic acids is 1. The number of aromatic nitrogens is 2. The first kappa shape index (κ1) is 19.9. The number of hydrogen-bond donors (Lipinski definition) is 1. The number of carbonyl (C=O) groups is 1. The van der Waals surface area contributed by atoms with E-state index < -0.39 is 29.6 Å². The van der Waals surface area contributed by atoms with Crippen LogP contribution in [-0.2, 0) is 11.0 Å². The van der Waals surface area contributed by atoms with Gasteiger partial charge in [0.05, 0.1) is 10.9 Å². The van der Waals surface area contributed by atoms with Crippen molar-refractivity contribution in [2.24, 2.45) is 0 Å². The summed E-state index contributed by atoms with van der Waals surface area (Å²) in [4.78, 5) is 19.2. The summed E-state index contributed by atoms with van der Waals surface area (Å²) in [5, 5.41) is 1.26. The molecule has 1 N–H and O–H groups in total. The largest absolute Gasteiger partial charge is 0.433 e. The number of nitrogens with zero attached hydrogens (tertiary/aromatic N) is 2. The zero-order valence-electron chi connectivity index (χ0n) is 13.1. The van der Waals surface area contributed by atoms with Crippen molar-refractivity contribution in [3.8, 4) is 5.75 Å². The second-order valence-corrected chi connectivity index (χ2v) is 6.15. The fraction of sp³-hybridized carbons (Fsp3) is 0.267. The molecule has 1 aromatic carbocycles. The molecular formula is C15H12F5N3O2S. The fourth-order valence-electron chi connectivity index (χ4n) is 1.77. The monoisotopic (exact) mass is 393 g/mol. The normalized spacial score (nSPS) is 12.7. The predicted molar refractivity (Wildman–Crippen MR) is 84.1 cm³/mol. The molecule has 0 spiro atoms. The van der Waals surface area contributed by atoms with Crippen LogP contribution in [0.3, 0.4) is 0 Å². The number of amides is 1. The number of halogens is 5. The number of para-hydroxylation sites is 2. The van der Waals surface area contributed by atoms with Gasteiger partial charge in [0, 0.05) is 6.20 Å². The summed E-state index contributed by atoms with van der Waals surface area (Å²) in [7, 11) is 0. The van der Waals surface area contributed by atoms with Crippen molar-refractivity contribution in [3.05, 3.63) is 42.2 Å². The highest BCUT2D eigenvalue weighted by Gasteiger charge is 2.33. The minimum absolute atomic E-state index is 0.00945. The van der Waals surface area contributed by atoms with Crippen molar-refractivity contribution in [1.29, 1.82) is 0 Å². The van der Waals surface area contributed by atoms with Crippen LogP contribution in [0.15, 0.2) is 41.7 Å². The van der Waals surface area contributed by atoms with Crippen LogP contribution in [-0.4, -0.2) is 27.7 Å². The molecule has 0 aliphatic rings. The first-order valence-electron chi connectivity index (χ1n) is 7.08. The highest BCUT2D eigenvalue weighted by molar-refractivity contribution is 8.00. The van der Waals surface area contributed by atoms with E-state index in [1.54, 1.807) is 0 Å². The van der Waals surface area contributed by atoms with E-state index in [4.69, 9.17) is 0 Å². The predicted octanol–water partition coefficient (Wildman–Crippen LogP) is 4.22. The summed E-state index contributed by atoms with van der Waals surface area (Å²) in [6, 6.07) is 6.26. The van der Waals surface area contributed by atoms with Gasteiger partial charge < -0.3 is 10.1 Å². The lowest BCUT2D eigenvalue weighted by molar-refractivity contribution is -0.141. The molecule has 1 aromatic heterocycles. The van der Waals surface area contributed by atoms with Crippen LogP contribution in [0.2, 0.25) is 0 Å². The van der Waals surface area contributed by atoms with Crippen molar-refractivity contribution >= 4 is 23.4 Å². The van der Waals surface area contributed by atoms with Gasteiger partial charge in [-0.05, 0) is 25.1 Å². The van der Waals surface area contributed by atoms with Gasteiger partial charge in [-0.1, -0.05) is 23.9 Å². The molecule has 1 amide bonds. The molecule has 2 rings (SSSR count). The summed E-state index contributed by atoms with van der Waals surface area (Å²) < 4.78 is 67.0. The maximum Gasteiger partial charge on any atom is 0.433 e. The molecule has 0 saturated carbocycles. The Morgan fingerprint density at radius 1 is 1.23 bits per heavy atom. The number of alkyl halides is 5. The molecule has 0 saturated heterocycles. The Kier molecular flexibility index (Phi) is 6.35. The molecule has 5 nitrogen and oxygen atoms in total. The zero-order valence-corrected chi connectivity index (χ0v) is 13.9. The smallest absolute Gasteiger partial charge is 0.433 e. The highest BCUT2D eigenvalue weighted by atomic mass is 32.2. The molecule has 26 heavy (non-hydrogen) atoms. The molecule has 1 heterocycles. The summed E-state index contributed by atoms with van der Waals surface area (Å²) >= 11 is 0.698. The minimum atomic E-state index is -4.63. The lowest BCUT2D eigenvalue weighted by Gasteiger charge is -2.14. The molecule has 1 atom stereocenters. The standard InChI is InChI=1S/C15H12F5N3O2S/c1-8(26-14-21-7-6-11(23-14)15(18,19)20)12(24)22-9-4-2-3-5-10(9)25-13(16)17/h2-8,13H,1H3,(H,22,24). The van der Waals surface area contributed by atoms with E-state index in [0.29, 0.717) is 17.8 Å². The van der Waals surface area contributed by atoms with Crippen LogP contribution in [0, 0.1) is 0 Å². The van der Waals surface area contributed by atoms with Gasteiger partial charge in [-0.3, -0.25) is 4.79 Å². The van der Waals surface area contributed by atoms with E-state index in [0.717, 1.165) is 6.20 Å². The Hall–Kier alpha value is -2.43. The van der Waals surface area contributed by atoms with Crippen molar-refractivity contribution < 1.29 is 31.5 Å². The van der Waals surface area contributed by atoms with Crippen molar-refractivity contribution in [3.63, 3.8) is 0 Å². The highest BCUT2D eigenvalue weighted by Crippen LogP contribution is 2.30. The molecule has 2 aromatic rings. The maximum absolute atomic E-state index is 12.6. The van der Waals surface area contributed by atoms with E-state index in [2.05, 4.69) is 20.0 Å². The number of thioether (sulfide) groups is 1. The molecular weight excluding hydrogens is 381 g/mol. The maximum atomic E-state index is 12.6. The van der Waals surface area contributed by atoms with Gasteiger partial charge in [-0.15, -0.1) is 0 Å². The molecule has 0 aliphatic heterocycles. The topological polar surface area (TPSA) is 64.1 Å². The fourth-order valence-corrected chi connectivity index (χ4v) is 2.53. The third kappa shape index (κ3) is 5.55. The van der Waals surface area contributed by atoms with Gasteiger partial charge in [-0.2, -0.15) is 22.0 Å². The number of anilines is 1. The number of benzene rings is 1. The molecule has 0 radical (unpaired) electrons. The number of rotatable bonds is 6. The van der Waals surface area contributed by atoms with Gasteiger partial charge in [-0.25, -0.2) is 9.97 Å². The van der Waals surface area contributed by atoms with Crippen LogP contribution in [0.4, 0.5) is 27.6 Å². The van der Waals surface area contributed by atoms with Crippen LogP contribution in [0.5, 0.6) is 5.75 Å². The first-order chi connectivity index (χ1) is 12.2. The summed E-state index contributed by atoms with van der Waals surface area (Å²) in [5.74, 6) is -0.871. The van der Waals surface area contributed by atoms with E-state index in [1.165, 1.54) is 31.2 Å². The first-order valence-corrected chi connectivity index (χ1v) is 7.96. The second-order valence-electron chi connectivity index (χ2n) is 4.85. The van der Waals surface area contributed by atoms with Gasteiger partial charge in [0.25, 0.3) is 0 Å². The molecule has 0 aliphatic carbocycles. The Morgan fingerprint density at radius 2 is 1.92 bits per heavy atom. The van der Waals surface area contributed by atoms with Crippen LogP contribution in [0.25, 0.3) is 0 Å². The van der Waals surface area contributed by atoms with Gasteiger partial charge in [0.1, 0.15) is 11.4 Å². The second kappa shape index (κ2) is 8.30. The molecule has 1 unspecified atom stereocenters. The SMILES string of the molecule is CC(Sc1nccc(C(F)(F)F)n1)C(=O)Nc1ccccc1OC(F)F. The summed E-state index contributed by atoms with van der Waals surface area (Å²) in [6.45, 7) is -1.65. The van der Waals surface area contributed by atoms with Gasteiger partial charge in [0.15, 0.2) is 5.16 Å². The minimum Gasteiger partial charge on any atom is -0.433 e. The Bertz CT molecular complexity index is 773. The summed E-state index contributed by atoms with van der Waals surface area (Å²) in [6.07, 6.45) is -3.69. The van der Waals surface area contributed by atoms with Crippen molar-refractivity contribution in [2.75, 3.05) is 5.32 Å². The number of hydrogen-bond acceptors (Lipinski definition) is 5.